The highest BCUT2D eigenvalue weighted by Crippen LogP contribution is 2.72. The van der Waals surface area contributed by atoms with Crippen molar-refractivity contribution in [3.63, 3.8) is 0 Å². The van der Waals surface area contributed by atoms with Gasteiger partial charge in [-0.1, -0.05) is 38.6 Å². The van der Waals surface area contributed by atoms with E-state index in [1.54, 1.807) is 27.0 Å². The van der Waals surface area contributed by atoms with Gasteiger partial charge in [-0.05, 0) is 56.1 Å². The minimum atomic E-state index is -2.23. The molecule has 3 fully saturated rings. The quantitative estimate of drug-likeness (QED) is 0.610. The van der Waals surface area contributed by atoms with Gasteiger partial charge in [-0.25, -0.2) is 8.78 Å². The van der Waals surface area contributed by atoms with Gasteiger partial charge in [-0.3, -0.25) is 14.4 Å². The number of rotatable bonds is 3. The Morgan fingerprint density at radius 3 is 2.55 bits per heavy atom. The molecule has 182 valence electrons. The molecule has 33 heavy (non-hydrogen) atoms. The Balaban J connectivity index is 1.88. The highest BCUT2D eigenvalue weighted by Gasteiger charge is 2.78. The van der Waals surface area contributed by atoms with Crippen LogP contribution in [0.2, 0.25) is 0 Å². The normalized spacial score (nSPS) is 48.4. The van der Waals surface area contributed by atoms with Gasteiger partial charge in [0.25, 0.3) is 0 Å². The molecule has 0 aromatic heterocycles. The Morgan fingerprint density at radius 2 is 1.94 bits per heavy atom. The summed E-state index contributed by atoms with van der Waals surface area (Å²) in [5, 5.41) is 11.1. The van der Waals surface area contributed by atoms with Crippen LogP contribution in [0, 0.1) is 28.6 Å². The maximum Gasteiger partial charge on any atom is 0.306 e. The van der Waals surface area contributed by atoms with Crippen LogP contribution in [-0.2, 0) is 19.1 Å². The van der Waals surface area contributed by atoms with E-state index in [-0.39, 0.29) is 30.0 Å². The molecule has 0 saturated heterocycles. The number of alkyl halides is 2. The molecule has 4 rings (SSSR count). The Hall–Kier alpha value is -1.54. The average Bonchev–Trinajstić information content (AvgIpc) is 2.98. The summed E-state index contributed by atoms with van der Waals surface area (Å²) < 4.78 is 38.6. The summed E-state index contributed by atoms with van der Waals surface area (Å²) in [6.45, 7) is 6.78. The number of ketones is 1. The number of allylic oxidation sites excluding steroid dienone is 4. The van der Waals surface area contributed by atoms with Gasteiger partial charge in [0.1, 0.15) is 6.17 Å². The van der Waals surface area contributed by atoms with Gasteiger partial charge in [0.05, 0.1) is 6.10 Å². The maximum atomic E-state index is 17.2. The average molecular weight is 483 g/mol. The molecule has 3 saturated carbocycles. The van der Waals surface area contributed by atoms with Gasteiger partial charge in [-0.15, -0.1) is 0 Å². The van der Waals surface area contributed by atoms with Crippen molar-refractivity contribution in [2.45, 2.75) is 76.9 Å². The number of aliphatic hydroxyl groups excluding tert-OH is 1. The van der Waals surface area contributed by atoms with Crippen molar-refractivity contribution in [1.82, 2.24) is 0 Å². The zero-order valence-electron chi connectivity index (χ0n) is 19.7. The molecular weight excluding hydrogens is 450 g/mol. The van der Waals surface area contributed by atoms with Crippen LogP contribution in [0.1, 0.15) is 53.4 Å². The van der Waals surface area contributed by atoms with Crippen molar-refractivity contribution >= 4 is 28.6 Å². The van der Waals surface area contributed by atoms with Crippen LogP contribution in [0.15, 0.2) is 23.8 Å². The molecule has 9 atom stereocenters. The van der Waals surface area contributed by atoms with Crippen molar-refractivity contribution in [3.8, 4) is 0 Å². The number of fused-ring (bicyclic) bond motifs is 5. The molecule has 0 bridgehead atoms. The third-order valence-electron chi connectivity index (χ3n) is 9.22. The molecular formula is C25H32F2O5S. The third kappa shape index (κ3) is 2.89. The molecule has 4 aliphatic rings. The fraction of sp³-hybridized carbons (Fsp3) is 0.720. The molecule has 0 amide bonds. The molecule has 0 unspecified atom stereocenters. The number of aliphatic hydroxyl groups is 1. The number of carbonyl (C=O) groups is 3. The van der Waals surface area contributed by atoms with Crippen molar-refractivity contribution in [3.05, 3.63) is 23.8 Å². The van der Waals surface area contributed by atoms with Crippen molar-refractivity contribution < 1.29 is 33.0 Å². The lowest BCUT2D eigenvalue weighted by molar-refractivity contribution is -0.228. The van der Waals surface area contributed by atoms with E-state index in [9.17, 15) is 19.5 Å². The standard InChI is InChI=1S/C25H32F2O5S/c1-6-20(30)32-25(21(31)33-5)13(2)9-15-16-11-18(26)17-10-14(28)7-8-22(17,3)24(16,27)19(29)12-23(15,25)4/h7-8,10,13,15-16,18-19,29H,6,9,11-12H2,1-5H3/t13-,15-,16-,18-,19-,22-,23-,24-,25-/m0/s1. The molecule has 0 aliphatic heterocycles. The van der Waals surface area contributed by atoms with E-state index < -0.39 is 63.9 Å². The van der Waals surface area contributed by atoms with Crippen LogP contribution in [0.3, 0.4) is 0 Å². The number of hydrogen-bond acceptors (Lipinski definition) is 6. The Morgan fingerprint density at radius 1 is 1.27 bits per heavy atom. The zero-order valence-corrected chi connectivity index (χ0v) is 20.5. The van der Waals surface area contributed by atoms with Gasteiger partial charge < -0.3 is 9.84 Å². The summed E-state index contributed by atoms with van der Waals surface area (Å²) in [6, 6.07) is 0. The molecule has 0 aromatic carbocycles. The lowest BCUT2D eigenvalue weighted by atomic mass is 9.44. The molecule has 8 heteroatoms. The molecule has 0 spiro atoms. The van der Waals surface area contributed by atoms with Crippen molar-refractivity contribution in [2.24, 2.45) is 28.6 Å². The van der Waals surface area contributed by atoms with E-state index >= 15 is 8.78 Å². The predicted molar refractivity (Wildman–Crippen MR) is 121 cm³/mol. The molecule has 0 heterocycles. The second-order valence-electron chi connectivity index (χ2n) is 10.6. The lowest BCUT2D eigenvalue weighted by Gasteiger charge is -2.63. The monoisotopic (exact) mass is 482 g/mol. The highest BCUT2D eigenvalue weighted by atomic mass is 32.2. The smallest absolute Gasteiger partial charge is 0.306 e. The minimum absolute atomic E-state index is 0.0614. The van der Waals surface area contributed by atoms with E-state index in [1.165, 1.54) is 12.2 Å². The fourth-order valence-electron chi connectivity index (χ4n) is 7.62. The first-order valence-corrected chi connectivity index (χ1v) is 12.8. The van der Waals surface area contributed by atoms with Crippen LogP contribution in [0.4, 0.5) is 8.78 Å². The second-order valence-corrected chi connectivity index (χ2v) is 11.3. The Bertz CT molecular complexity index is 964. The molecule has 4 aliphatic carbocycles. The van der Waals surface area contributed by atoms with E-state index in [1.807, 2.05) is 6.92 Å². The van der Waals surface area contributed by atoms with Gasteiger partial charge in [0.15, 0.2) is 17.1 Å². The van der Waals surface area contributed by atoms with Crippen LogP contribution in [-0.4, -0.2) is 51.8 Å². The van der Waals surface area contributed by atoms with Crippen LogP contribution < -0.4 is 0 Å². The van der Waals surface area contributed by atoms with E-state index in [0.29, 0.717) is 6.42 Å². The lowest BCUT2D eigenvalue weighted by Crippen LogP contribution is -2.70. The number of halogens is 2. The summed E-state index contributed by atoms with van der Waals surface area (Å²) >= 11 is 0.956. The highest BCUT2D eigenvalue weighted by molar-refractivity contribution is 8.13. The predicted octanol–water partition coefficient (Wildman–Crippen LogP) is 4.13. The van der Waals surface area contributed by atoms with Crippen LogP contribution >= 0.6 is 11.8 Å². The van der Waals surface area contributed by atoms with Crippen LogP contribution in [0.5, 0.6) is 0 Å². The Kier molecular flexibility index (Phi) is 5.76. The molecule has 5 nitrogen and oxygen atoms in total. The first kappa shape index (κ1) is 24.6. The summed E-state index contributed by atoms with van der Waals surface area (Å²) in [5.74, 6) is -2.77. The zero-order chi connectivity index (χ0) is 24.6. The van der Waals surface area contributed by atoms with E-state index in [4.69, 9.17) is 4.74 Å². The minimum Gasteiger partial charge on any atom is -0.449 e. The largest absolute Gasteiger partial charge is 0.449 e. The number of thioether (sulfide) groups is 1. The summed E-state index contributed by atoms with van der Waals surface area (Å²) in [4.78, 5) is 37.8. The van der Waals surface area contributed by atoms with Crippen molar-refractivity contribution in [1.29, 1.82) is 0 Å². The molecule has 0 aromatic rings. The van der Waals surface area contributed by atoms with Crippen molar-refractivity contribution in [2.75, 3.05) is 6.26 Å². The Labute approximate surface area is 197 Å². The number of hydrogen-bond donors (Lipinski definition) is 1. The van der Waals surface area contributed by atoms with Crippen LogP contribution in [0.25, 0.3) is 0 Å². The van der Waals surface area contributed by atoms with Gasteiger partial charge >= 0.3 is 5.97 Å². The second kappa shape index (κ2) is 7.74. The summed E-state index contributed by atoms with van der Waals surface area (Å²) in [5.41, 5.74) is -6.25. The summed E-state index contributed by atoms with van der Waals surface area (Å²) in [7, 11) is 0. The first-order chi connectivity index (χ1) is 15.3. The SMILES string of the molecule is CCC(=O)O[C@]1(C(=O)SC)[C@@H](C)C[C@H]2[C@@H]3C[C@H](F)C4=CC(=O)C=C[C@]4(C)[C@@]3(F)[C@@H](O)C[C@@]21C. The maximum absolute atomic E-state index is 17.2. The number of ether oxygens (including phenoxy) is 1. The topological polar surface area (TPSA) is 80.7 Å². The summed E-state index contributed by atoms with van der Waals surface area (Å²) in [6.07, 6.45) is 2.45. The first-order valence-electron chi connectivity index (χ1n) is 11.6. The fourth-order valence-corrected chi connectivity index (χ4v) is 8.40. The van der Waals surface area contributed by atoms with E-state index in [2.05, 4.69) is 0 Å². The van der Waals surface area contributed by atoms with Gasteiger partial charge in [0.2, 0.25) is 5.12 Å². The third-order valence-corrected chi connectivity index (χ3v) is 9.89. The molecule has 1 N–H and O–H groups in total. The number of esters is 1. The van der Waals surface area contributed by atoms with Gasteiger partial charge in [0, 0.05) is 29.1 Å². The van der Waals surface area contributed by atoms with E-state index in [0.717, 1.165) is 17.8 Å². The van der Waals surface area contributed by atoms with Gasteiger partial charge in [-0.2, -0.15) is 0 Å². The molecule has 0 radical (unpaired) electrons. The number of carbonyl (C=O) groups excluding carboxylic acids is 3.